The summed E-state index contributed by atoms with van der Waals surface area (Å²) in [4.78, 5) is 12.0. The molecule has 0 bridgehead atoms. The minimum Gasteiger partial charge on any atom is -0.325 e. The predicted octanol–water partition coefficient (Wildman–Crippen LogP) is 1.17. The lowest BCUT2D eigenvalue weighted by molar-refractivity contribution is -0.119. The van der Waals surface area contributed by atoms with Crippen molar-refractivity contribution in [3.8, 4) is 0 Å². The molecule has 82 valence electrons. The lowest BCUT2D eigenvalue weighted by Crippen LogP contribution is -2.44. The molecule has 0 fully saturated rings. The SMILES string of the molecule is O=C1Nc2cc(F)ccc2C12C=CCNC2. The number of hydrogen-bond donors (Lipinski definition) is 2. The second-order valence-corrected chi connectivity index (χ2v) is 4.15. The largest absolute Gasteiger partial charge is 0.325 e. The quantitative estimate of drug-likeness (QED) is 0.642. The van der Waals surface area contributed by atoms with Crippen molar-refractivity contribution in [3.05, 3.63) is 41.7 Å². The van der Waals surface area contributed by atoms with Crippen LogP contribution in [0.4, 0.5) is 10.1 Å². The zero-order valence-electron chi connectivity index (χ0n) is 8.59. The van der Waals surface area contributed by atoms with E-state index in [1.165, 1.54) is 12.1 Å². The molecule has 1 spiro atoms. The van der Waals surface area contributed by atoms with Gasteiger partial charge in [0, 0.05) is 18.8 Å². The highest BCUT2D eigenvalue weighted by Crippen LogP contribution is 2.39. The summed E-state index contributed by atoms with van der Waals surface area (Å²) in [7, 11) is 0. The molecule has 0 aromatic heterocycles. The Balaban J connectivity index is 2.19. The molecule has 2 heterocycles. The molecule has 2 aliphatic rings. The third kappa shape index (κ3) is 1.13. The Hall–Kier alpha value is -1.68. The van der Waals surface area contributed by atoms with Crippen molar-refractivity contribution in [1.82, 2.24) is 5.32 Å². The molecular weight excluding hydrogens is 207 g/mol. The summed E-state index contributed by atoms with van der Waals surface area (Å²) in [6, 6.07) is 4.44. The molecule has 1 aromatic rings. The first kappa shape index (κ1) is 9.54. The van der Waals surface area contributed by atoms with Gasteiger partial charge in [-0.3, -0.25) is 4.79 Å². The molecular formula is C12H11FN2O. The van der Waals surface area contributed by atoms with Gasteiger partial charge in [-0.15, -0.1) is 0 Å². The topological polar surface area (TPSA) is 41.1 Å². The average Bonchev–Trinajstić information content (AvgIpc) is 2.53. The van der Waals surface area contributed by atoms with Crippen LogP contribution >= 0.6 is 0 Å². The monoisotopic (exact) mass is 218 g/mol. The molecule has 3 nitrogen and oxygen atoms in total. The molecule has 4 heteroatoms. The van der Waals surface area contributed by atoms with Gasteiger partial charge in [0.15, 0.2) is 0 Å². The van der Waals surface area contributed by atoms with Crippen molar-refractivity contribution in [2.24, 2.45) is 0 Å². The van der Waals surface area contributed by atoms with Crippen LogP contribution in [0.1, 0.15) is 5.56 Å². The molecule has 1 aromatic carbocycles. The first-order valence-corrected chi connectivity index (χ1v) is 5.22. The second-order valence-electron chi connectivity index (χ2n) is 4.15. The molecule has 2 N–H and O–H groups in total. The highest BCUT2D eigenvalue weighted by molar-refractivity contribution is 6.08. The highest BCUT2D eigenvalue weighted by atomic mass is 19.1. The molecule has 0 saturated heterocycles. The maximum atomic E-state index is 13.1. The molecule has 0 radical (unpaired) electrons. The van der Waals surface area contributed by atoms with Crippen LogP contribution in [0.25, 0.3) is 0 Å². The van der Waals surface area contributed by atoms with Gasteiger partial charge in [0.25, 0.3) is 0 Å². The van der Waals surface area contributed by atoms with Gasteiger partial charge >= 0.3 is 0 Å². The summed E-state index contributed by atoms with van der Waals surface area (Å²) in [6.45, 7) is 1.33. The van der Waals surface area contributed by atoms with Crippen LogP contribution in [0.2, 0.25) is 0 Å². The summed E-state index contributed by atoms with van der Waals surface area (Å²) in [5, 5.41) is 5.89. The van der Waals surface area contributed by atoms with Crippen molar-refractivity contribution in [2.75, 3.05) is 18.4 Å². The zero-order chi connectivity index (χ0) is 11.2. The molecule has 3 rings (SSSR count). The van der Waals surface area contributed by atoms with Crippen molar-refractivity contribution in [2.45, 2.75) is 5.41 Å². The third-order valence-electron chi connectivity index (χ3n) is 3.18. The van der Waals surface area contributed by atoms with E-state index in [0.29, 0.717) is 12.2 Å². The van der Waals surface area contributed by atoms with Crippen LogP contribution in [0, 0.1) is 5.82 Å². The summed E-state index contributed by atoms with van der Waals surface area (Å²) < 4.78 is 13.1. The fraction of sp³-hybridized carbons (Fsp3) is 0.250. The van der Waals surface area contributed by atoms with E-state index >= 15 is 0 Å². The van der Waals surface area contributed by atoms with Crippen molar-refractivity contribution in [3.63, 3.8) is 0 Å². The van der Waals surface area contributed by atoms with Crippen molar-refractivity contribution in [1.29, 1.82) is 0 Å². The lowest BCUT2D eigenvalue weighted by atomic mass is 9.80. The molecule has 0 saturated carbocycles. The second kappa shape index (κ2) is 3.15. The van der Waals surface area contributed by atoms with Crippen LogP contribution in [0.3, 0.4) is 0 Å². The van der Waals surface area contributed by atoms with Gasteiger partial charge in [-0.05, 0) is 17.7 Å². The number of benzene rings is 1. The molecule has 1 atom stereocenters. The highest BCUT2D eigenvalue weighted by Gasteiger charge is 2.45. The first-order valence-electron chi connectivity index (χ1n) is 5.22. The average molecular weight is 218 g/mol. The summed E-state index contributed by atoms with van der Waals surface area (Å²) in [5.41, 5.74) is 0.780. The Morgan fingerprint density at radius 2 is 2.25 bits per heavy atom. The van der Waals surface area contributed by atoms with Gasteiger partial charge in [0.2, 0.25) is 5.91 Å². The molecule has 0 aliphatic carbocycles. The Morgan fingerprint density at radius 1 is 1.38 bits per heavy atom. The minimum atomic E-state index is -0.652. The van der Waals surface area contributed by atoms with E-state index in [2.05, 4.69) is 10.6 Å². The van der Waals surface area contributed by atoms with E-state index in [9.17, 15) is 9.18 Å². The van der Waals surface area contributed by atoms with Gasteiger partial charge < -0.3 is 10.6 Å². The van der Waals surface area contributed by atoms with Crippen LogP contribution < -0.4 is 10.6 Å². The van der Waals surface area contributed by atoms with E-state index < -0.39 is 5.41 Å². The van der Waals surface area contributed by atoms with Crippen LogP contribution in [0.15, 0.2) is 30.4 Å². The number of fused-ring (bicyclic) bond motifs is 2. The van der Waals surface area contributed by atoms with E-state index in [4.69, 9.17) is 0 Å². The number of amides is 1. The normalized spacial score (nSPS) is 26.9. The minimum absolute atomic E-state index is 0.0865. The zero-order valence-corrected chi connectivity index (χ0v) is 8.59. The fourth-order valence-electron chi connectivity index (χ4n) is 2.38. The van der Waals surface area contributed by atoms with Gasteiger partial charge in [-0.2, -0.15) is 0 Å². The molecule has 2 aliphatic heterocycles. The number of carbonyl (C=O) groups is 1. The Kier molecular flexibility index (Phi) is 1.88. The maximum absolute atomic E-state index is 13.1. The summed E-state index contributed by atoms with van der Waals surface area (Å²) in [5.74, 6) is -0.416. The van der Waals surface area contributed by atoms with Crippen molar-refractivity contribution >= 4 is 11.6 Å². The summed E-state index contributed by atoms with van der Waals surface area (Å²) in [6.07, 6.45) is 3.84. The standard InChI is InChI=1S/C12H11FN2O/c13-8-2-3-9-10(6-8)15-11(16)12(9)4-1-5-14-7-12/h1-4,6,14H,5,7H2,(H,15,16). The maximum Gasteiger partial charge on any atom is 0.240 e. The van der Waals surface area contributed by atoms with Gasteiger partial charge in [0.1, 0.15) is 11.2 Å². The third-order valence-corrected chi connectivity index (χ3v) is 3.18. The van der Waals surface area contributed by atoms with E-state index in [1.807, 2.05) is 12.2 Å². The number of nitrogens with one attached hydrogen (secondary N) is 2. The predicted molar refractivity (Wildman–Crippen MR) is 58.7 cm³/mol. The number of anilines is 1. The molecule has 16 heavy (non-hydrogen) atoms. The van der Waals surface area contributed by atoms with E-state index in [0.717, 1.165) is 12.1 Å². The lowest BCUT2D eigenvalue weighted by Gasteiger charge is -2.27. The summed E-state index contributed by atoms with van der Waals surface area (Å²) >= 11 is 0. The Labute approximate surface area is 92.3 Å². The number of rotatable bonds is 0. The van der Waals surface area contributed by atoms with Crippen LogP contribution in [-0.2, 0) is 10.2 Å². The van der Waals surface area contributed by atoms with Crippen LogP contribution in [0.5, 0.6) is 0 Å². The molecule has 1 amide bonds. The van der Waals surface area contributed by atoms with E-state index in [-0.39, 0.29) is 11.7 Å². The fourth-order valence-corrected chi connectivity index (χ4v) is 2.38. The molecule has 1 unspecified atom stereocenters. The number of hydrogen-bond acceptors (Lipinski definition) is 2. The van der Waals surface area contributed by atoms with E-state index in [1.54, 1.807) is 6.07 Å². The number of halogens is 1. The Bertz CT molecular complexity index is 498. The van der Waals surface area contributed by atoms with Gasteiger partial charge in [-0.1, -0.05) is 18.2 Å². The Morgan fingerprint density at radius 3 is 3.00 bits per heavy atom. The van der Waals surface area contributed by atoms with Gasteiger partial charge in [0.05, 0.1) is 0 Å². The van der Waals surface area contributed by atoms with Gasteiger partial charge in [-0.25, -0.2) is 4.39 Å². The smallest absolute Gasteiger partial charge is 0.240 e. The van der Waals surface area contributed by atoms with Crippen molar-refractivity contribution < 1.29 is 9.18 Å². The number of carbonyl (C=O) groups excluding carboxylic acids is 1. The van der Waals surface area contributed by atoms with Crippen LogP contribution in [-0.4, -0.2) is 19.0 Å². The first-order chi connectivity index (χ1) is 7.72.